The number of ether oxygens (including phenoxy) is 2. The molecule has 8 nitrogen and oxygen atoms in total. The topological polar surface area (TPSA) is 105 Å². The number of likely N-dealkylation sites (tertiary alicyclic amines) is 1. The van der Waals surface area contributed by atoms with Crippen molar-refractivity contribution in [2.24, 2.45) is 23.2 Å². The van der Waals surface area contributed by atoms with Gasteiger partial charge in [0.15, 0.2) is 0 Å². The van der Waals surface area contributed by atoms with Gasteiger partial charge < -0.3 is 24.8 Å². The Hall–Kier alpha value is -1.19. The maximum Gasteiger partial charge on any atom is 0.312 e. The highest BCUT2D eigenvalue weighted by molar-refractivity contribution is 9.09. The summed E-state index contributed by atoms with van der Waals surface area (Å²) in [6.45, 7) is 15.9. The van der Waals surface area contributed by atoms with Crippen LogP contribution >= 0.6 is 15.9 Å². The predicted octanol–water partition coefficient (Wildman–Crippen LogP) is 3.04. The Labute approximate surface area is 218 Å². The van der Waals surface area contributed by atoms with Crippen molar-refractivity contribution >= 4 is 33.7 Å². The molecule has 2 N–H and O–H groups in total. The third-order valence-electron chi connectivity index (χ3n) is 7.81. The Kier molecular flexibility index (Phi) is 8.06. The summed E-state index contributed by atoms with van der Waals surface area (Å²) in [6.07, 6.45) is 1.34. The molecule has 0 aliphatic carbocycles. The van der Waals surface area contributed by atoms with Crippen molar-refractivity contribution in [1.82, 2.24) is 10.2 Å². The van der Waals surface area contributed by atoms with Crippen LogP contribution in [0, 0.1) is 23.2 Å². The molecule has 1 spiro atoms. The molecular formula is C26H43BrN2O6. The summed E-state index contributed by atoms with van der Waals surface area (Å²) in [5, 5.41) is 13.6. The smallest absolute Gasteiger partial charge is 0.312 e. The number of rotatable bonds is 9. The third-order valence-corrected chi connectivity index (χ3v) is 8.66. The number of amides is 2. The van der Waals surface area contributed by atoms with E-state index in [1.54, 1.807) is 6.92 Å². The number of hydrogen-bond acceptors (Lipinski definition) is 6. The van der Waals surface area contributed by atoms with Crippen LogP contribution in [0.15, 0.2) is 0 Å². The van der Waals surface area contributed by atoms with Gasteiger partial charge in [0.25, 0.3) is 0 Å². The maximum absolute atomic E-state index is 14.1. The SMILES string of the molecule is CCOC(=O)[C@H]1[C@@H]2O[C@@]3(CC2Br)[C@@H]1C(=O)N([C@@H](CO)[C@@H](C)CC)[C@@H]3C(=O)NC(C)(C)CC(C)(C)C. The summed E-state index contributed by atoms with van der Waals surface area (Å²) in [5.41, 5.74) is -1.71. The van der Waals surface area contributed by atoms with E-state index in [1.807, 2.05) is 27.7 Å². The minimum absolute atomic E-state index is 0.0224. The molecule has 0 aromatic heterocycles. The molecule has 2 amide bonds. The molecular weight excluding hydrogens is 516 g/mol. The molecule has 0 radical (unpaired) electrons. The van der Waals surface area contributed by atoms with Gasteiger partial charge in [0, 0.05) is 10.4 Å². The summed E-state index contributed by atoms with van der Waals surface area (Å²) >= 11 is 3.66. The molecule has 2 bridgehead atoms. The summed E-state index contributed by atoms with van der Waals surface area (Å²) in [5.74, 6) is -2.74. The molecule has 8 atom stereocenters. The molecule has 3 fully saturated rings. The van der Waals surface area contributed by atoms with Crippen molar-refractivity contribution in [3.05, 3.63) is 0 Å². The summed E-state index contributed by atoms with van der Waals surface area (Å²) in [4.78, 5) is 42.5. The van der Waals surface area contributed by atoms with Gasteiger partial charge in [-0.05, 0) is 44.9 Å². The first-order valence-electron chi connectivity index (χ1n) is 12.9. The van der Waals surface area contributed by atoms with Crippen molar-refractivity contribution < 1.29 is 29.0 Å². The zero-order valence-corrected chi connectivity index (χ0v) is 24.0. The van der Waals surface area contributed by atoms with Gasteiger partial charge in [-0.2, -0.15) is 0 Å². The van der Waals surface area contributed by atoms with Crippen LogP contribution in [0.3, 0.4) is 0 Å². The third kappa shape index (κ3) is 5.01. The Morgan fingerprint density at radius 3 is 2.43 bits per heavy atom. The van der Waals surface area contributed by atoms with Crippen LogP contribution in [0.1, 0.15) is 74.7 Å². The normalized spacial score (nSPS) is 34.1. The number of aliphatic hydroxyl groups is 1. The lowest BCUT2D eigenvalue weighted by Gasteiger charge is -2.41. The second-order valence-corrected chi connectivity index (χ2v) is 13.6. The molecule has 0 saturated carbocycles. The minimum atomic E-state index is -1.16. The number of nitrogens with zero attached hydrogens (tertiary/aromatic N) is 1. The standard InChI is InChI=1S/C26H43BrN2O6/c1-9-14(3)16(12-30)29-20(21(31)28-25(7,8)13-24(4,5)6)26-11-15(27)19(35-26)17(18(26)22(29)32)23(33)34-10-2/h14-20,30H,9-13H2,1-8H3,(H,28,31)/t14-,15?,16-,17+,18-,19+,20+,26-/m0/s1. The summed E-state index contributed by atoms with van der Waals surface area (Å²) in [6, 6.07) is -1.51. The lowest BCUT2D eigenvalue weighted by Crippen LogP contribution is -2.62. The number of esters is 1. The van der Waals surface area contributed by atoms with Gasteiger partial charge in [0.1, 0.15) is 11.6 Å². The second kappa shape index (κ2) is 9.93. The van der Waals surface area contributed by atoms with E-state index in [0.29, 0.717) is 6.42 Å². The first kappa shape index (κ1) is 28.4. The van der Waals surface area contributed by atoms with Gasteiger partial charge in [-0.3, -0.25) is 14.4 Å². The first-order chi connectivity index (χ1) is 16.1. The molecule has 1 unspecified atom stereocenters. The van der Waals surface area contributed by atoms with E-state index in [4.69, 9.17) is 9.47 Å². The molecule has 35 heavy (non-hydrogen) atoms. The molecule has 200 valence electrons. The molecule has 3 heterocycles. The Bertz CT molecular complexity index is 842. The Morgan fingerprint density at radius 2 is 1.91 bits per heavy atom. The number of alkyl halides is 1. The van der Waals surface area contributed by atoms with Crippen LogP contribution in [0.2, 0.25) is 0 Å². The van der Waals surface area contributed by atoms with E-state index in [1.165, 1.54) is 4.90 Å². The van der Waals surface area contributed by atoms with Gasteiger partial charge in [-0.15, -0.1) is 0 Å². The fourth-order valence-corrected chi connectivity index (χ4v) is 7.76. The largest absolute Gasteiger partial charge is 0.466 e. The molecule has 3 rings (SSSR count). The van der Waals surface area contributed by atoms with Gasteiger partial charge in [-0.1, -0.05) is 57.0 Å². The van der Waals surface area contributed by atoms with E-state index in [0.717, 1.165) is 12.8 Å². The number of halogens is 1. The average Bonchev–Trinajstić information content (AvgIpc) is 3.30. The number of carbonyl (C=O) groups is 3. The fraction of sp³-hybridized carbons (Fsp3) is 0.885. The fourth-order valence-electron chi connectivity index (χ4n) is 6.82. The van der Waals surface area contributed by atoms with Crippen LogP contribution in [0.5, 0.6) is 0 Å². The van der Waals surface area contributed by atoms with Crippen molar-refractivity contribution in [2.75, 3.05) is 13.2 Å². The summed E-state index contributed by atoms with van der Waals surface area (Å²) in [7, 11) is 0. The number of carbonyl (C=O) groups excluding carboxylic acids is 3. The number of hydrogen-bond donors (Lipinski definition) is 2. The van der Waals surface area contributed by atoms with Crippen LogP contribution < -0.4 is 5.32 Å². The summed E-state index contributed by atoms with van der Waals surface area (Å²) < 4.78 is 11.8. The van der Waals surface area contributed by atoms with E-state index < -0.39 is 47.1 Å². The zero-order valence-electron chi connectivity index (χ0n) is 22.4. The van der Waals surface area contributed by atoms with Crippen LogP contribution in [0.25, 0.3) is 0 Å². The molecule has 0 aromatic carbocycles. The van der Waals surface area contributed by atoms with Crippen LogP contribution in [-0.4, -0.2) is 75.2 Å². The van der Waals surface area contributed by atoms with Crippen molar-refractivity contribution in [3.63, 3.8) is 0 Å². The van der Waals surface area contributed by atoms with Crippen molar-refractivity contribution in [1.29, 1.82) is 0 Å². The van der Waals surface area contributed by atoms with E-state index >= 15 is 0 Å². The van der Waals surface area contributed by atoms with Gasteiger partial charge in [-0.25, -0.2) is 0 Å². The lowest BCUT2D eigenvalue weighted by atomic mass is 9.70. The van der Waals surface area contributed by atoms with Gasteiger partial charge >= 0.3 is 5.97 Å². The first-order valence-corrected chi connectivity index (χ1v) is 13.8. The number of aliphatic hydroxyl groups excluding tert-OH is 1. The zero-order chi connectivity index (χ0) is 26.5. The number of fused-ring (bicyclic) bond motifs is 1. The quantitative estimate of drug-likeness (QED) is 0.333. The molecule has 3 aliphatic heterocycles. The maximum atomic E-state index is 14.1. The van der Waals surface area contributed by atoms with E-state index in [2.05, 4.69) is 42.0 Å². The highest BCUT2D eigenvalue weighted by Gasteiger charge is 2.77. The number of nitrogens with one attached hydrogen (secondary N) is 1. The van der Waals surface area contributed by atoms with E-state index in [-0.39, 0.29) is 41.2 Å². The molecule has 3 aliphatic rings. The minimum Gasteiger partial charge on any atom is -0.466 e. The van der Waals surface area contributed by atoms with Crippen molar-refractivity contribution in [2.45, 2.75) is 109 Å². The highest BCUT2D eigenvalue weighted by atomic mass is 79.9. The van der Waals surface area contributed by atoms with Crippen LogP contribution in [-0.2, 0) is 23.9 Å². The van der Waals surface area contributed by atoms with Gasteiger partial charge in [0.05, 0.1) is 37.2 Å². The second-order valence-electron chi connectivity index (χ2n) is 12.4. The lowest BCUT2D eigenvalue weighted by molar-refractivity contribution is -0.155. The van der Waals surface area contributed by atoms with Crippen LogP contribution in [0.4, 0.5) is 0 Å². The monoisotopic (exact) mass is 558 g/mol. The predicted molar refractivity (Wildman–Crippen MR) is 136 cm³/mol. The van der Waals surface area contributed by atoms with Gasteiger partial charge in [0.2, 0.25) is 11.8 Å². The molecule has 3 saturated heterocycles. The van der Waals surface area contributed by atoms with E-state index in [9.17, 15) is 19.5 Å². The molecule has 0 aromatic rings. The Balaban J connectivity index is 2.08. The Morgan fingerprint density at radius 1 is 1.29 bits per heavy atom. The molecule has 9 heteroatoms. The average molecular weight is 560 g/mol. The highest BCUT2D eigenvalue weighted by Crippen LogP contribution is 2.60. The van der Waals surface area contributed by atoms with Crippen molar-refractivity contribution in [3.8, 4) is 0 Å².